The molecule has 2 N–H and O–H groups in total. The molecule has 0 aliphatic carbocycles. The molecule has 3 rings (SSSR count). The van der Waals surface area contributed by atoms with Crippen LogP contribution in [-0.2, 0) is 4.79 Å². The fourth-order valence-electron chi connectivity index (χ4n) is 2.64. The van der Waals surface area contributed by atoms with E-state index in [9.17, 15) is 9.59 Å². The van der Waals surface area contributed by atoms with Gasteiger partial charge in [0.1, 0.15) is 0 Å². The maximum Gasteiger partial charge on any atom is 0.345 e. The molecule has 0 unspecified atom stereocenters. The normalized spacial score (nSPS) is 10.3. The molecule has 148 valence electrons. The van der Waals surface area contributed by atoms with E-state index in [4.69, 9.17) is 0 Å². The van der Waals surface area contributed by atoms with Gasteiger partial charge in [0.05, 0.1) is 17.1 Å². The standard InChI is InChI=1S/C21H21N5O2S/c1-15-13-16(2)23-20(22-15)29-14-19(27)24-25-21(28)26(17-9-5-3-6-10-17)18-11-7-4-8-12-18/h3-13H,14H2,1-2H3,(H,24,27)(H,25,28). The number of nitrogens with one attached hydrogen (secondary N) is 2. The van der Waals surface area contributed by atoms with Crippen LogP contribution in [0, 0.1) is 13.8 Å². The van der Waals surface area contributed by atoms with Crippen LogP contribution in [0.2, 0.25) is 0 Å². The molecule has 0 aliphatic heterocycles. The molecule has 0 radical (unpaired) electrons. The van der Waals surface area contributed by atoms with Gasteiger partial charge in [0.2, 0.25) is 5.91 Å². The molecule has 0 atom stereocenters. The van der Waals surface area contributed by atoms with Crippen molar-refractivity contribution in [3.05, 3.63) is 78.1 Å². The molecule has 0 aliphatic rings. The van der Waals surface area contributed by atoms with Crippen LogP contribution in [0.3, 0.4) is 0 Å². The van der Waals surface area contributed by atoms with Gasteiger partial charge in [0.15, 0.2) is 5.16 Å². The number of hydrogen-bond donors (Lipinski definition) is 2. The van der Waals surface area contributed by atoms with Crippen LogP contribution >= 0.6 is 11.8 Å². The monoisotopic (exact) mass is 407 g/mol. The number of carbonyl (C=O) groups excluding carboxylic acids is 2. The molecule has 3 amide bonds. The zero-order valence-corrected chi connectivity index (χ0v) is 16.9. The molecule has 0 saturated heterocycles. The number of anilines is 2. The van der Waals surface area contributed by atoms with Crippen molar-refractivity contribution in [3.63, 3.8) is 0 Å². The van der Waals surface area contributed by atoms with Crippen molar-refractivity contribution in [3.8, 4) is 0 Å². The highest BCUT2D eigenvalue weighted by atomic mass is 32.2. The van der Waals surface area contributed by atoms with Crippen LogP contribution in [0.1, 0.15) is 11.4 Å². The van der Waals surface area contributed by atoms with Gasteiger partial charge in [-0.2, -0.15) is 0 Å². The summed E-state index contributed by atoms with van der Waals surface area (Å²) in [5.41, 5.74) is 7.97. The number of aryl methyl sites for hydroxylation is 2. The molecule has 1 aromatic heterocycles. The fraction of sp³-hybridized carbons (Fsp3) is 0.143. The summed E-state index contributed by atoms with van der Waals surface area (Å²) in [6.45, 7) is 3.75. The minimum absolute atomic E-state index is 0.0832. The third-order valence-electron chi connectivity index (χ3n) is 3.83. The van der Waals surface area contributed by atoms with Crippen molar-refractivity contribution in [1.29, 1.82) is 0 Å². The second kappa shape index (κ2) is 9.70. The van der Waals surface area contributed by atoms with Gasteiger partial charge in [-0.25, -0.2) is 20.2 Å². The van der Waals surface area contributed by atoms with E-state index in [1.165, 1.54) is 16.7 Å². The summed E-state index contributed by atoms with van der Waals surface area (Å²) in [6.07, 6.45) is 0. The number of para-hydroxylation sites is 2. The van der Waals surface area contributed by atoms with Gasteiger partial charge in [-0.15, -0.1) is 0 Å². The maximum absolute atomic E-state index is 12.8. The van der Waals surface area contributed by atoms with E-state index in [2.05, 4.69) is 20.8 Å². The molecular formula is C21H21N5O2S. The summed E-state index contributed by atoms with van der Waals surface area (Å²) in [5, 5.41) is 0.527. The number of thioether (sulfide) groups is 1. The van der Waals surface area contributed by atoms with Crippen molar-refractivity contribution in [2.45, 2.75) is 19.0 Å². The molecule has 1 heterocycles. The number of amides is 3. The Morgan fingerprint density at radius 2 is 1.38 bits per heavy atom. The Labute approximate surface area is 173 Å². The largest absolute Gasteiger partial charge is 0.345 e. The quantitative estimate of drug-likeness (QED) is 0.382. The average Bonchev–Trinajstić information content (AvgIpc) is 2.72. The Balaban J connectivity index is 1.62. The zero-order chi connectivity index (χ0) is 20.6. The van der Waals surface area contributed by atoms with Crippen LogP contribution in [0.25, 0.3) is 0 Å². The highest BCUT2D eigenvalue weighted by Crippen LogP contribution is 2.24. The Bertz CT molecular complexity index is 923. The molecule has 0 fully saturated rings. The van der Waals surface area contributed by atoms with Crippen LogP contribution in [0.15, 0.2) is 71.9 Å². The summed E-state index contributed by atoms with van der Waals surface area (Å²) < 4.78 is 0. The van der Waals surface area contributed by atoms with E-state index in [1.807, 2.05) is 80.6 Å². The Morgan fingerprint density at radius 3 is 1.90 bits per heavy atom. The SMILES string of the molecule is Cc1cc(C)nc(SCC(=O)NNC(=O)N(c2ccccc2)c2ccccc2)n1. The maximum atomic E-state index is 12.8. The number of rotatable bonds is 5. The summed E-state index contributed by atoms with van der Waals surface area (Å²) in [4.78, 5) is 35.0. The topological polar surface area (TPSA) is 87.2 Å². The van der Waals surface area contributed by atoms with Crippen molar-refractivity contribution in [2.75, 3.05) is 10.7 Å². The third-order valence-corrected chi connectivity index (χ3v) is 4.68. The molecule has 0 saturated carbocycles. The molecule has 8 heteroatoms. The summed E-state index contributed by atoms with van der Waals surface area (Å²) in [6, 6.07) is 19.8. The van der Waals surface area contributed by atoms with E-state index in [0.717, 1.165) is 11.4 Å². The van der Waals surface area contributed by atoms with Crippen molar-refractivity contribution < 1.29 is 9.59 Å². The number of hydrogen-bond acceptors (Lipinski definition) is 5. The van der Waals surface area contributed by atoms with Gasteiger partial charge in [0.25, 0.3) is 0 Å². The number of nitrogens with zero attached hydrogens (tertiary/aromatic N) is 3. The van der Waals surface area contributed by atoms with Gasteiger partial charge >= 0.3 is 6.03 Å². The molecule has 29 heavy (non-hydrogen) atoms. The van der Waals surface area contributed by atoms with Gasteiger partial charge < -0.3 is 0 Å². The van der Waals surface area contributed by atoms with Gasteiger partial charge in [0, 0.05) is 11.4 Å². The van der Waals surface area contributed by atoms with E-state index >= 15 is 0 Å². The van der Waals surface area contributed by atoms with Crippen molar-refractivity contribution in [2.24, 2.45) is 0 Å². The van der Waals surface area contributed by atoms with Gasteiger partial charge in [-0.1, -0.05) is 48.2 Å². The zero-order valence-electron chi connectivity index (χ0n) is 16.1. The summed E-state index contributed by atoms with van der Waals surface area (Å²) in [5.74, 6) is -0.271. The molecular weight excluding hydrogens is 386 g/mol. The summed E-state index contributed by atoms with van der Waals surface area (Å²) in [7, 11) is 0. The van der Waals surface area contributed by atoms with E-state index < -0.39 is 6.03 Å². The number of aromatic nitrogens is 2. The van der Waals surface area contributed by atoms with Crippen LogP contribution in [0.4, 0.5) is 16.2 Å². The highest BCUT2D eigenvalue weighted by Gasteiger charge is 2.18. The predicted molar refractivity (Wildman–Crippen MR) is 114 cm³/mol. The lowest BCUT2D eigenvalue weighted by Crippen LogP contribution is -2.48. The second-order valence-electron chi connectivity index (χ2n) is 6.21. The smallest absolute Gasteiger partial charge is 0.272 e. The lowest BCUT2D eigenvalue weighted by molar-refractivity contribution is -0.119. The lowest BCUT2D eigenvalue weighted by atomic mass is 10.2. The number of carbonyl (C=O) groups is 2. The fourth-order valence-corrected chi connectivity index (χ4v) is 3.39. The number of urea groups is 1. The molecule has 2 aromatic carbocycles. The molecule has 7 nitrogen and oxygen atoms in total. The Kier molecular flexibility index (Phi) is 6.80. The first-order valence-electron chi connectivity index (χ1n) is 8.97. The predicted octanol–water partition coefficient (Wildman–Crippen LogP) is 3.76. The first-order chi connectivity index (χ1) is 14.0. The van der Waals surface area contributed by atoms with Crippen LogP contribution < -0.4 is 15.8 Å². The minimum atomic E-state index is -0.469. The summed E-state index contributed by atoms with van der Waals surface area (Å²) >= 11 is 1.21. The van der Waals surface area contributed by atoms with Gasteiger partial charge in [-0.05, 0) is 44.2 Å². The van der Waals surface area contributed by atoms with Crippen molar-refractivity contribution >= 4 is 35.1 Å². The molecule has 3 aromatic rings. The first kappa shape index (κ1) is 20.3. The molecule has 0 spiro atoms. The van der Waals surface area contributed by atoms with E-state index in [0.29, 0.717) is 16.5 Å². The highest BCUT2D eigenvalue weighted by molar-refractivity contribution is 7.99. The third kappa shape index (κ3) is 5.79. The van der Waals surface area contributed by atoms with E-state index in [1.54, 1.807) is 0 Å². The first-order valence-corrected chi connectivity index (χ1v) is 9.95. The second-order valence-corrected chi connectivity index (χ2v) is 7.15. The molecule has 0 bridgehead atoms. The van der Waals surface area contributed by atoms with Crippen LogP contribution in [0.5, 0.6) is 0 Å². The average molecular weight is 407 g/mol. The van der Waals surface area contributed by atoms with Crippen LogP contribution in [-0.4, -0.2) is 27.7 Å². The Hall–Kier alpha value is -3.39. The van der Waals surface area contributed by atoms with Crippen molar-refractivity contribution in [1.82, 2.24) is 20.8 Å². The number of hydrazine groups is 1. The van der Waals surface area contributed by atoms with E-state index in [-0.39, 0.29) is 11.7 Å². The number of benzene rings is 2. The Morgan fingerprint density at radius 1 is 0.862 bits per heavy atom. The lowest BCUT2D eigenvalue weighted by Gasteiger charge is -2.23. The minimum Gasteiger partial charge on any atom is -0.272 e. The van der Waals surface area contributed by atoms with Gasteiger partial charge in [-0.3, -0.25) is 15.1 Å².